The monoisotopic (exact) mass is 250 g/mol. The number of aryl methyl sites for hydroxylation is 1. The molecule has 0 aliphatic rings. The molecule has 18 heavy (non-hydrogen) atoms. The molecule has 1 rings (SSSR count). The summed E-state index contributed by atoms with van der Waals surface area (Å²) in [4.78, 5) is 12.0. The second-order valence-electron chi connectivity index (χ2n) is 4.57. The van der Waals surface area contributed by atoms with Crippen molar-refractivity contribution < 1.29 is 9.90 Å². The number of phenolic OH excluding ortho intramolecular Hbond substituents is 1. The number of nitrogens with two attached hydrogens (primary N) is 1. The van der Waals surface area contributed by atoms with Gasteiger partial charge in [0.2, 0.25) is 0 Å². The van der Waals surface area contributed by atoms with Gasteiger partial charge in [0, 0.05) is 12.6 Å². The Morgan fingerprint density at radius 1 is 1.50 bits per heavy atom. The number of amides is 1. The molecule has 0 bridgehead atoms. The molecule has 0 radical (unpaired) electrons. The number of rotatable bonds is 6. The van der Waals surface area contributed by atoms with Crippen LogP contribution in [0.15, 0.2) is 18.2 Å². The van der Waals surface area contributed by atoms with E-state index in [1.54, 1.807) is 18.2 Å². The van der Waals surface area contributed by atoms with Crippen LogP contribution in [0.2, 0.25) is 0 Å². The molecule has 4 heteroatoms. The van der Waals surface area contributed by atoms with E-state index in [1.165, 1.54) is 0 Å². The second-order valence-corrected chi connectivity index (χ2v) is 4.57. The van der Waals surface area contributed by atoms with Crippen LogP contribution in [0.25, 0.3) is 0 Å². The zero-order valence-corrected chi connectivity index (χ0v) is 11.1. The average molecular weight is 250 g/mol. The van der Waals surface area contributed by atoms with Crippen LogP contribution < -0.4 is 11.1 Å². The smallest absolute Gasteiger partial charge is 0.255 e. The van der Waals surface area contributed by atoms with Crippen molar-refractivity contribution in [1.29, 1.82) is 0 Å². The summed E-state index contributed by atoms with van der Waals surface area (Å²) >= 11 is 0. The number of aromatic hydroxyl groups is 1. The molecular formula is C14H22N2O2. The fraction of sp³-hybridized carbons (Fsp3) is 0.500. The van der Waals surface area contributed by atoms with Crippen LogP contribution in [0.4, 0.5) is 0 Å². The van der Waals surface area contributed by atoms with Crippen LogP contribution in [0.3, 0.4) is 0 Å². The molecule has 4 N–H and O–H groups in total. The van der Waals surface area contributed by atoms with Gasteiger partial charge in [-0.05, 0) is 31.0 Å². The quantitative estimate of drug-likeness (QED) is 0.722. The Hall–Kier alpha value is -1.55. The predicted octanol–water partition coefficient (Wildman–Crippen LogP) is 1.95. The highest BCUT2D eigenvalue weighted by Gasteiger charge is 2.15. The highest BCUT2D eigenvalue weighted by Crippen LogP contribution is 2.18. The van der Waals surface area contributed by atoms with Crippen LogP contribution in [0, 0.1) is 6.92 Å². The minimum absolute atomic E-state index is 0.0127. The maximum Gasteiger partial charge on any atom is 0.255 e. The van der Waals surface area contributed by atoms with E-state index in [9.17, 15) is 9.90 Å². The molecule has 1 aromatic carbocycles. The van der Waals surface area contributed by atoms with Gasteiger partial charge in [-0.15, -0.1) is 0 Å². The van der Waals surface area contributed by atoms with Gasteiger partial charge in [-0.3, -0.25) is 4.79 Å². The summed E-state index contributed by atoms with van der Waals surface area (Å²) in [6.45, 7) is 4.38. The van der Waals surface area contributed by atoms with Crippen LogP contribution in [-0.2, 0) is 0 Å². The molecule has 1 atom stereocenters. The van der Waals surface area contributed by atoms with E-state index >= 15 is 0 Å². The Kier molecular flexibility index (Phi) is 5.65. The van der Waals surface area contributed by atoms with Crippen molar-refractivity contribution in [3.05, 3.63) is 29.3 Å². The summed E-state index contributed by atoms with van der Waals surface area (Å²) in [6.07, 6.45) is 2.97. The van der Waals surface area contributed by atoms with Crippen molar-refractivity contribution in [3.8, 4) is 5.75 Å². The molecule has 100 valence electrons. The lowest BCUT2D eigenvalue weighted by molar-refractivity contribution is 0.0933. The third-order valence-electron chi connectivity index (χ3n) is 2.92. The van der Waals surface area contributed by atoms with Gasteiger partial charge >= 0.3 is 0 Å². The Morgan fingerprint density at radius 2 is 2.22 bits per heavy atom. The molecular weight excluding hydrogens is 228 g/mol. The van der Waals surface area contributed by atoms with E-state index in [-0.39, 0.29) is 17.7 Å². The maximum absolute atomic E-state index is 12.0. The minimum atomic E-state index is -0.265. The van der Waals surface area contributed by atoms with Gasteiger partial charge in [0.1, 0.15) is 5.75 Å². The van der Waals surface area contributed by atoms with Gasteiger partial charge in [-0.2, -0.15) is 0 Å². The van der Waals surface area contributed by atoms with Gasteiger partial charge in [0.05, 0.1) is 5.56 Å². The van der Waals surface area contributed by atoms with Gasteiger partial charge in [0.15, 0.2) is 0 Å². The molecule has 0 fully saturated rings. The Balaban J connectivity index is 2.68. The molecule has 0 aliphatic heterocycles. The number of benzene rings is 1. The molecule has 1 unspecified atom stereocenters. The van der Waals surface area contributed by atoms with Gasteiger partial charge in [-0.1, -0.05) is 25.8 Å². The summed E-state index contributed by atoms with van der Waals surface area (Å²) in [7, 11) is 0. The van der Waals surface area contributed by atoms with Crippen LogP contribution >= 0.6 is 0 Å². The van der Waals surface area contributed by atoms with Crippen molar-refractivity contribution in [2.75, 3.05) is 6.54 Å². The maximum atomic E-state index is 12.0. The minimum Gasteiger partial charge on any atom is -0.507 e. The lowest BCUT2D eigenvalue weighted by Gasteiger charge is -2.17. The van der Waals surface area contributed by atoms with E-state index < -0.39 is 0 Å². The number of carbonyl (C=O) groups excluding carboxylic acids is 1. The third-order valence-corrected chi connectivity index (χ3v) is 2.92. The first-order valence-corrected chi connectivity index (χ1v) is 6.39. The van der Waals surface area contributed by atoms with Crippen LogP contribution in [0.1, 0.15) is 42.1 Å². The van der Waals surface area contributed by atoms with Crippen molar-refractivity contribution in [2.45, 2.75) is 39.2 Å². The third kappa shape index (κ3) is 4.04. The first-order chi connectivity index (χ1) is 8.58. The molecule has 1 amide bonds. The standard InChI is InChI=1S/C14H22N2O2/c1-3-4-5-11(9-15)16-14(18)12-7-6-10(2)8-13(12)17/h6-8,11,17H,3-5,9,15H2,1-2H3,(H,16,18). The van der Waals surface area contributed by atoms with Crippen molar-refractivity contribution in [3.63, 3.8) is 0 Å². The largest absolute Gasteiger partial charge is 0.507 e. The normalized spacial score (nSPS) is 12.2. The van der Waals surface area contributed by atoms with Crippen molar-refractivity contribution >= 4 is 5.91 Å². The molecule has 0 aliphatic carbocycles. The number of phenols is 1. The summed E-state index contributed by atoms with van der Waals surface area (Å²) < 4.78 is 0. The summed E-state index contributed by atoms with van der Waals surface area (Å²) in [5.74, 6) is -0.252. The molecule has 0 saturated heterocycles. The van der Waals surface area contributed by atoms with Gasteiger partial charge in [-0.25, -0.2) is 0 Å². The van der Waals surface area contributed by atoms with Gasteiger partial charge in [0.25, 0.3) is 5.91 Å². The Bertz CT molecular complexity index is 405. The van der Waals surface area contributed by atoms with Crippen LogP contribution in [0.5, 0.6) is 5.75 Å². The van der Waals surface area contributed by atoms with E-state index in [0.29, 0.717) is 12.1 Å². The van der Waals surface area contributed by atoms with E-state index in [4.69, 9.17) is 5.73 Å². The SMILES string of the molecule is CCCCC(CN)NC(=O)c1ccc(C)cc1O. The van der Waals surface area contributed by atoms with Crippen LogP contribution in [-0.4, -0.2) is 23.6 Å². The fourth-order valence-corrected chi connectivity index (χ4v) is 1.80. The Labute approximate surface area is 108 Å². The first kappa shape index (κ1) is 14.5. The first-order valence-electron chi connectivity index (χ1n) is 6.39. The lowest BCUT2D eigenvalue weighted by atomic mass is 10.1. The zero-order valence-electron chi connectivity index (χ0n) is 11.1. The highest BCUT2D eigenvalue weighted by atomic mass is 16.3. The highest BCUT2D eigenvalue weighted by molar-refractivity contribution is 5.97. The molecule has 1 aromatic rings. The van der Waals surface area contributed by atoms with E-state index in [1.807, 2.05) is 6.92 Å². The molecule has 0 aromatic heterocycles. The van der Waals surface area contributed by atoms with E-state index in [2.05, 4.69) is 12.2 Å². The predicted molar refractivity (Wildman–Crippen MR) is 72.7 cm³/mol. The second kappa shape index (κ2) is 7.01. The lowest BCUT2D eigenvalue weighted by Crippen LogP contribution is -2.40. The molecule has 0 spiro atoms. The number of unbranched alkanes of at least 4 members (excludes halogenated alkanes) is 1. The average Bonchev–Trinajstić information content (AvgIpc) is 2.34. The number of hydrogen-bond acceptors (Lipinski definition) is 3. The van der Waals surface area contributed by atoms with E-state index in [0.717, 1.165) is 24.8 Å². The number of carbonyl (C=O) groups is 1. The molecule has 0 heterocycles. The molecule has 4 nitrogen and oxygen atoms in total. The molecule has 0 saturated carbocycles. The fourth-order valence-electron chi connectivity index (χ4n) is 1.80. The summed E-state index contributed by atoms with van der Waals surface area (Å²) in [5.41, 5.74) is 6.85. The Morgan fingerprint density at radius 3 is 2.78 bits per heavy atom. The topological polar surface area (TPSA) is 75.3 Å². The van der Waals surface area contributed by atoms with Crippen molar-refractivity contribution in [2.24, 2.45) is 5.73 Å². The summed E-state index contributed by atoms with van der Waals surface area (Å²) in [6, 6.07) is 4.99. The van der Waals surface area contributed by atoms with Crippen molar-refractivity contribution in [1.82, 2.24) is 5.32 Å². The number of nitrogens with one attached hydrogen (secondary N) is 1. The van der Waals surface area contributed by atoms with Gasteiger partial charge < -0.3 is 16.2 Å². The zero-order chi connectivity index (χ0) is 13.5. The summed E-state index contributed by atoms with van der Waals surface area (Å²) in [5, 5.41) is 12.6. The number of hydrogen-bond donors (Lipinski definition) is 3.